The first-order valence-electron chi connectivity index (χ1n) is 9.32. The first-order valence-corrected chi connectivity index (χ1v) is 9.32. The third kappa shape index (κ3) is 6.33. The number of piperazine rings is 1. The van der Waals surface area contributed by atoms with Crippen LogP contribution in [-0.4, -0.2) is 68.6 Å². The first-order chi connectivity index (χ1) is 12.0. The summed E-state index contributed by atoms with van der Waals surface area (Å²) in [6, 6.07) is 8.34. The molecule has 1 aliphatic rings. The molecule has 1 aromatic carbocycles. The molecule has 1 aliphatic heterocycles. The predicted octanol–water partition coefficient (Wildman–Crippen LogP) is 2.02. The Labute approximate surface area is 152 Å². The van der Waals surface area contributed by atoms with E-state index in [-0.39, 0.29) is 5.91 Å². The number of amides is 1. The molecule has 0 aliphatic carbocycles. The number of nitrogens with zero attached hydrogens (tertiary/aromatic N) is 2. The minimum absolute atomic E-state index is 0.135. The molecule has 5 nitrogen and oxygen atoms in total. The van der Waals surface area contributed by atoms with E-state index >= 15 is 0 Å². The van der Waals surface area contributed by atoms with Crippen LogP contribution in [0, 0.1) is 5.92 Å². The fourth-order valence-electron chi connectivity index (χ4n) is 3.30. The first kappa shape index (κ1) is 19.7. The van der Waals surface area contributed by atoms with Gasteiger partial charge >= 0.3 is 0 Å². The number of nitrogens with one attached hydrogen (secondary N) is 1. The predicted molar refractivity (Wildman–Crippen MR) is 102 cm³/mol. The summed E-state index contributed by atoms with van der Waals surface area (Å²) < 4.78 is 5.16. The molecule has 0 saturated carbocycles. The molecule has 1 saturated heterocycles. The van der Waals surface area contributed by atoms with Crippen molar-refractivity contribution < 1.29 is 9.53 Å². The van der Waals surface area contributed by atoms with Crippen molar-refractivity contribution in [1.29, 1.82) is 0 Å². The Balaban J connectivity index is 1.76. The highest BCUT2D eigenvalue weighted by atomic mass is 16.5. The van der Waals surface area contributed by atoms with Crippen LogP contribution in [0.3, 0.4) is 0 Å². The van der Waals surface area contributed by atoms with Crippen LogP contribution in [0.4, 0.5) is 0 Å². The van der Waals surface area contributed by atoms with Crippen LogP contribution in [-0.2, 0) is 11.2 Å². The Morgan fingerprint density at radius 1 is 1.16 bits per heavy atom. The van der Waals surface area contributed by atoms with E-state index in [9.17, 15) is 4.79 Å². The van der Waals surface area contributed by atoms with Crippen molar-refractivity contribution in [2.45, 2.75) is 32.7 Å². The Bertz CT molecular complexity index is 522. The lowest BCUT2D eigenvalue weighted by Gasteiger charge is -2.39. The summed E-state index contributed by atoms with van der Waals surface area (Å²) >= 11 is 0. The number of benzene rings is 1. The molecule has 1 amide bonds. The van der Waals surface area contributed by atoms with Gasteiger partial charge in [-0.1, -0.05) is 26.0 Å². The molecule has 1 atom stereocenters. The average molecular weight is 348 g/mol. The molecule has 0 bridgehead atoms. The van der Waals surface area contributed by atoms with E-state index in [1.807, 2.05) is 24.3 Å². The highest BCUT2D eigenvalue weighted by Gasteiger charge is 2.25. The van der Waals surface area contributed by atoms with Gasteiger partial charge in [-0.15, -0.1) is 0 Å². The van der Waals surface area contributed by atoms with Crippen molar-refractivity contribution in [3.8, 4) is 5.75 Å². The Morgan fingerprint density at radius 2 is 1.80 bits per heavy atom. The van der Waals surface area contributed by atoms with Crippen LogP contribution < -0.4 is 10.1 Å². The molecule has 0 spiro atoms. The van der Waals surface area contributed by atoms with E-state index in [4.69, 9.17) is 4.74 Å². The number of hydrogen-bond acceptors (Lipinski definition) is 4. The molecule has 1 aromatic rings. The van der Waals surface area contributed by atoms with E-state index in [1.165, 1.54) is 0 Å². The zero-order valence-electron chi connectivity index (χ0n) is 16.1. The zero-order chi connectivity index (χ0) is 18.2. The average Bonchev–Trinajstić information content (AvgIpc) is 2.61. The number of ether oxygens (including phenoxy) is 1. The Hall–Kier alpha value is -1.59. The molecule has 1 fully saturated rings. The number of hydrogen-bond donors (Lipinski definition) is 1. The maximum atomic E-state index is 12.2. The minimum atomic E-state index is 0.135. The van der Waals surface area contributed by atoms with Gasteiger partial charge in [-0.3, -0.25) is 9.69 Å². The van der Waals surface area contributed by atoms with Gasteiger partial charge in [0.1, 0.15) is 5.75 Å². The molecule has 0 aromatic heterocycles. The lowest BCUT2D eigenvalue weighted by molar-refractivity contribution is -0.121. The largest absolute Gasteiger partial charge is 0.497 e. The number of likely N-dealkylation sites (N-methyl/N-ethyl adjacent to an activating group) is 1. The number of rotatable bonds is 8. The van der Waals surface area contributed by atoms with Crippen molar-refractivity contribution in [2.75, 3.05) is 46.9 Å². The van der Waals surface area contributed by atoms with Crippen molar-refractivity contribution in [2.24, 2.45) is 5.92 Å². The van der Waals surface area contributed by atoms with Gasteiger partial charge < -0.3 is 15.0 Å². The van der Waals surface area contributed by atoms with Gasteiger partial charge in [0.2, 0.25) is 5.91 Å². The Morgan fingerprint density at radius 3 is 2.36 bits per heavy atom. The molecule has 1 unspecified atom stereocenters. The molecule has 25 heavy (non-hydrogen) atoms. The molecule has 1 heterocycles. The van der Waals surface area contributed by atoms with Crippen molar-refractivity contribution in [3.05, 3.63) is 29.8 Å². The second-order valence-corrected chi connectivity index (χ2v) is 7.30. The van der Waals surface area contributed by atoms with E-state index in [0.29, 0.717) is 18.4 Å². The van der Waals surface area contributed by atoms with Crippen LogP contribution in [0.15, 0.2) is 24.3 Å². The van der Waals surface area contributed by atoms with Crippen LogP contribution in [0.2, 0.25) is 0 Å². The van der Waals surface area contributed by atoms with Crippen LogP contribution in [0.5, 0.6) is 5.75 Å². The highest BCUT2D eigenvalue weighted by molar-refractivity contribution is 5.76. The summed E-state index contributed by atoms with van der Waals surface area (Å²) in [5.74, 6) is 1.51. The van der Waals surface area contributed by atoms with Crippen LogP contribution in [0.1, 0.15) is 25.8 Å². The van der Waals surface area contributed by atoms with E-state index in [2.05, 4.69) is 36.0 Å². The van der Waals surface area contributed by atoms with Gasteiger partial charge in [-0.05, 0) is 37.1 Å². The number of carbonyl (C=O) groups is 1. The van der Waals surface area contributed by atoms with Crippen molar-refractivity contribution >= 4 is 5.91 Å². The summed E-state index contributed by atoms with van der Waals surface area (Å²) in [4.78, 5) is 17.1. The number of carbonyl (C=O) groups excluding carboxylic acids is 1. The topological polar surface area (TPSA) is 44.8 Å². The molecular weight excluding hydrogens is 314 g/mol. The molecule has 1 N–H and O–H groups in total. The second-order valence-electron chi connectivity index (χ2n) is 7.30. The second kappa shape index (κ2) is 9.78. The van der Waals surface area contributed by atoms with Gasteiger partial charge in [-0.25, -0.2) is 0 Å². The highest BCUT2D eigenvalue weighted by Crippen LogP contribution is 2.14. The third-order valence-electron chi connectivity index (χ3n) is 5.08. The molecular formula is C20H33N3O2. The fourth-order valence-corrected chi connectivity index (χ4v) is 3.30. The summed E-state index contributed by atoms with van der Waals surface area (Å²) in [6.45, 7) is 9.60. The number of aryl methyl sites for hydroxylation is 1. The minimum Gasteiger partial charge on any atom is -0.497 e. The van der Waals surface area contributed by atoms with Gasteiger partial charge in [-0.2, -0.15) is 0 Å². The third-order valence-corrected chi connectivity index (χ3v) is 5.08. The normalized spacial score (nSPS) is 17.5. The van der Waals surface area contributed by atoms with E-state index in [1.54, 1.807) is 7.11 Å². The quantitative estimate of drug-likeness (QED) is 0.781. The van der Waals surface area contributed by atoms with Gasteiger partial charge in [0.15, 0.2) is 0 Å². The maximum absolute atomic E-state index is 12.2. The molecule has 0 radical (unpaired) electrons. The van der Waals surface area contributed by atoms with Gasteiger partial charge in [0.05, 0.1) is 7.11 Å². The summed E-state index contributed by atoms with van der Waals surface area (Å²) in [7, 11) is 3.83. The lowest BCUT2D eigenvalue weighted by Crippen LogP contribution is -2.54. The van der Waals surface area contributed by atoms with Crippen LogP contribution >= 0.6 is 0 Å². The number of methoxy groups -OCH3 is 1. The Kier molecular flexibility index (Phi) is 7.72. The zero-order valence-corrected chi connectivity index (χ0v) is 16.1. The monoisotopic (exact) mass is 347 g/mol. The van der Waals surface area contributed by atoms with Crippen molar-refractivity contribution in [3.63, 3.8) is 0 Å². The molecule has 140 valence electrons. The van der Waals surface area contributed by atoms with Crippen LogP contribution in [0.25, 0.3) is 0 Å². The summed E-state index contributed by atoms with van der Waals surface area (Å²) in [5.41, 5.74) is 1.16. The summed E-state index contributed by atoms with van der Waals surface area (Å²) in [6.07, 6.45) is 1.29. The standard InChI is InChI=1S/C20H33N3O2/c1-16(2)19(23-13-11-22(3)12-14-23)15-21-20(24)10-7-17-5-8-18(25-4)9-6-17/h5-6,8-9,16,19H,7,10-15H2,1-4H3,(H,21,24). The van der Waals surface area contributed by atoms with E-state index < -0.39 is 0 Å². The fraction of sp³-hybridized carbons (Fsp3) is 0.650. The summed E-state index contributed by atoms with van der Waals surface area (Å²) in [5, 5.41) is 3.15. The SMILES string of the molecule is COc1ccc(CCC(=O)NCC(C(C)C)N2CCN(C)CC2)cc1. The lowest BCUT2D eigenvalue weighted by atomic mass is 10.0. The van der Waals surface area contributed by atoms with Gasteiger partial charge in [0.25, 0.3) is 0 Å². The van der Waals surface area contributed by atoms with E-state index in [0.717, 1.165) is 50.5 Å². The van der Waals surface area contributed by atoms with Gasteiger partial charge in [0, 0.05) is 45.2 Å². The molecule has 2 rings (SSSR count). The maximum Gasteiger partial charge on any atom is 0.220 e. The smallest absolute Gasteiger partial charge is 0.220 e. The van der Waals surface area contributed by atoms with Crippen molar-refractivity contribution in [1.82, 2.24) is 15.1 Å². The molecule has 5 heteroatoms.